The van der Waals surface area contributed by atoms with Gasteiger partial charge in [0.1, 0.15) is 5.75 Å². The molecular weight excluding hydrogens is 296 g/mol. The first kappa shape index (κ1) is 17.1. The molecular formula is C18H22O5. The molecule has 0 spiro atoms. The van der Waals surface area contributed by atoms with E-state index in [4.69, 9.17) is 9.47 Å². The summed E-state index contributed by atoms with van der Waals surface area (Å²) in [4.78, 5) is 24.2. The van der Waals surface area contributed by atoms with E-state index in [0.717, 1.165) is 29.5 Å². The van der Waals surface area contributed by atoms with Gasteiger partial charge in [-0.25, -0.2) is 0 Å². The maximum absolute atomic E-state index is 12.1. The van der Waals surface area contributed by atoms with Crippen LogP contribution in [0.1, 0.15) is 37.8 Å². The van der Waals surface area contributed by atoms with Crippen molar-refractivity contribution in [3.05, 3.63) is 35.4 Å². The second-order valence-electron chi connectivity index (χ2n) is 5.33. The third kappa shape index (κ3) is 3.92. The average Bonchev–Trinajstić information content (AvgIpc) is 2.53. The Kier molecular flexibility index (Phi) is 5.79. The Balaban J connectivity index is 2.26. The van der Waals surface area contributed by atoms with Gasteiger partial charge >= 0.3 is 11.9 Å². The third-order valence-corrected chi connectivity index (χ3v) is 3.85. The zero-order valence-electron chi connectivity index (χ0n) is 13.5. The average molecular weight is 318 g/mol. The molecule has 0 saturated carbocycles. The van der Waals surface area contributed by atoms with E-state index in [9.17, 15) is 14.7 Å². The number of carbonyl (C=O) groups excluding carboxylic acids is 2. The van der Waals surface area contributed by atoms with Crippen LogP contribution >= 0.6 is 0 Å². The molecule has 0 amide bonds. The number of aromatic hydroxyl groups is 1. The fourth-order valence-electron chi connectivity index (χ4n) is 2.80. The minimum atomic E-state index is -0.977. The Morgan fingerprint density at radius 2 is 1.83 bits per heavy atom. The predicted molar refractivity (Wildman–Crippen MR) is 85.8 cm³/mol. The number of allylic oxidation sites excluding steroid dienone is 2. The van der Waals surface area contributed by atoms with Crippen LogP contribution in [0.15, 0.2) is 24.3 Å². The molecule has 1 aromatic carbocycles. The third-order valence-electron chi connectivity index (χ3n) is 3.85. The van der Waals surface area contributed by atoms with Gasteiger partial charge in [0, 0.05) is 5.56 Å². The molecule has 5 heteroatoms. The molecule has 0 radical (unpaired) electrons. The first-order valence-electron chi connectivity index (χ1n) is 7.92. The van der Waals surface area contributed by atoms with E-state index < -0.39 is 17.9 Å². The monoisotopic (exact) mass is 318 g/mol. The summed E-state index contributed by atoms with van der Waals surface area (Å²) >= 11 is 0. The minimum Gasteiger partial charge on any atom is -0.508 e. The maximum Gasteiger partial charge on any atom is 0.320 e. The molecule has 23 heavy (non-hydrogen) atoms. The Morgan fingerprint density at radius 3 is 2.43 bits per heavy atom. The molecule has 5 nitrogen and oxygen atoms in total. The van der Waals surface area contributed by atoms with Gasteiger partial charge in [0.25, 0.3) is 0 Å². The second kappa shape index (κ2) is 7.81. The first-order valence-corrected chi connectivity index (χ1v) is 7.92. The lowest BCUT2D eigenvalue weighted by Crippen LogP contribution is -2.28. The molecule has 0 aliphatic heterocycles. The Hall–Kier alpha value is -2.30. The topological polar surface area (TPSA) is 72.8 Å². The fourth-order valence-corrected chi connectivity index (χ4v) is 2.80. The van der Waals surface area contributed by atoms with Crippen molar-refractivity contribution in [3.8, 4) is 5.75 Å². The SMILES string of the molecule is CCOC(=O)C(CC1=CCCc2c(O)cccc21)C(=O)OCC. The van der Waals surface area contributed by atoms with E-state index in [1.807, 2.05) is 12.1 Å². The van der Waals surface area contributed by atoms with E-state index in [-0.39, 0.29) is 25.4 Å². The van der Waals surface area contributed by atoms with Gasteiger partial charge in [-0.05, 0) is 50.3 Å². The molecule has 0 fully saturated rings. The van der Waals surface area contributed by atoms with Crippen molar-refractivity contribution in [3.63, 3.8) is 0 Å². The summed E-state index contributed by atoms with van der Waals surface area (Å²) in [6.07, 6.45) is 3.73. The molecule has 0 atom stereocenters. The lowest BCUT2D eigenvalue weighted by Gasteiger charge is -2.21. The van der Waals surface area contributed by atoms with Crippen molar-refractivity contribution in [2.45, 2.75) is 33.1 Å². The summed E-state index contributed by atoms with van der Waals surface area (Å²) in [6, 6.07) is 5.31. The summed E-state index contributed by atoms with van der Waals surface area (Å²) in [7, 11) is 0. The molecule has 1 aliphatic carbocycles. The van der Waals surface area contributed by atoms with Crippen molar-refractivity contribution in [2.24, 2.45) is 5.92 Å². The molecule has 0 unspecified atom stereocenters. The van der Waals surface area contributed by atoms with Gasteiger partial charge in [-0.15, -0.1) is 0 Å². The molecule has 0 aromatic heterocycles. The van der Waals surface area contributed by atoms with Gasteiger partial charge in [0.2, 0.25) is 0 Å². The highest BCUT2D eigenvalue weighted by atomic mass is 16.6. The molecule has 2 rings (SSSR count). The second-order valence-corrected chi connectivity index (χ2v) is 5.33. The first-order chi connectivity index (χ1) is 11.1. The van der Waals surface area contributed by atoms with Crippen LogP contribution in [0.2, 0.25) is 0 Å². The largest absolute Gasteiger partial charge is 0.508 e. The number of hydrogen-bond acceptors (Lipinski definition) is 5. The molecule has 0 heterocycles. The number of ether oxygens (including phenoxy) is 2. The number of carbonyl (C=O) groups is 2. The van der Waals surface area contributed by atoms with Crippen molar-refractivity contribution in [2.75, 3.05) is 13.2 Å². The number of esters is 2. The van der Waals surface area contributed by atoms with E-state index >= 15 is 0 Å². The number of benzene rings is 1. The van der Waals surface area contributed by atoms with E-state index in [0.29, 0.717) is 0 Å². The minimum absolute atomic E-state index is 0.213. The van der Waals surface area contributed by atoms with Crippen LogP contribution < -0.4 is 0 Å². The van der Waals surface area contributed by atoms with Gasteiger partial charge in [-0.2, -0.15) is 0 Å². The molecule has 0 bridgehead atoms. The zero-order chi connectivity index (χ0) is 16.8. The zero-order valence-corrected chi connectivity index (χ0v) is 13.5. The van der Waals surface area contributed by atoms with Crippen LogP contribution in [-0.2, 0) is 25.5 Å². The van der Waals surface area contributed by atoms with E-state index in [1.54, 1.807) is 26.0 Å². The number of fused-ring (bicyclic) bond motifs is 1. The number of rotatable bonds is 6. The molecule has 1 aromatic rings. The van der Waals surface area contributed by atoms with Crippen LogP contribution in [0.25, 0.3) is 5.57 Å². The lowest BCUT2D eigenvalue weighted by atomic mass is 9.85. The fraction of sp³-hybridized carbons (Fsp3) is 0.444. The predicted octanol–water partition coefficient (Wildman–Crippen LogP) is 2.85. The summed E-state index contributed by atoms with van der Waals surface area (Å²) in [5, 5.41) is 9.98. The van der Waals surface area contributed by atoms with Gasteiger partial charge in [-0.3, -0.25) is 9.59 Å². The molecule has 1 N–H and O–H groups in total. The van der Waals surface area contributed by atoms with E-state index in [1.165, 1.54) is 0 Å². The van der Waals surface area contributed by atoms with Crippen LogP contribution in [0, 0.1) is 5.92 Å². The summed E-state index contributed by atoms with van der Waals surface area (Å²) in [5.41, 5.74) is 2.61. The van der Waals surface area contributed by atoms with Crippen LogP contribution in [0.3, 0.4) is 0 Å². The van der Waals surface area contributed by atoms with Gasteiger partial charge in [-0.1, -0.05) is 18.2 Å². The summed E-state index contributed by atoms with van der Waals surface area (Å²) in [5.74, 6) is -1.87. The van der Waals surface area contributed by atoms with Crippen molar-refractivity contribution >= 4 is 17.5 Å². The highest BCUT2D eigenvalue weighted by Crippen LogP contribution is 2.35. The highest BCUT2D eigenvalue weighted by Gasteiger charge is 2.32. The van der Waals surface area contributed by atoms with Crippen LogP contribution in [-0.4, -0.2) is 30.3 Å². The Bertz CT molecular complexity index is 600. The van der Waals surface area contributed by atoms with Gasteiger partial charge in [0.15, 0.2) is 5.92 Å². The number of hydrogen-bond donors (Lipinski definition) is 1. The molecule has 0 saturated heterocycles. The smallest absolute Gasteiger partial charge is 0.320 e. The van der Waals surface area contributed by atoms with Crippen molar-refractivity contribution in [1.82, 2.24) is 0 Å². The summed E-state index contributed by atoms with van der Waals surface area (Å²) < 4.78 is 10.0. The quantitative estimate of drug-likeness (QED) is 0.645. The van der Waals surface area contributed by atoms with Crippen molar-refractivity contribution in [1.29, 1.82) is 0 Å². The Labute approximate surface area is 135 Å². The normalized spacial score (nSPS) is 13.3. The van der Waals surface area contributed by atoms with Gasteiger partial charge in [0.05, 0.1) is 13.2 Å². The Morgan fingerprint density at radius 1 is 1.17 bits per heavy atom. The number of phenols is 1. The molecule has 124 valence electrons. The highest BCUT2D eigenvalue weighted by molar-refractivity contribution is 5.97. The maximum atomic E-state index is 12.1. The van der Waals surface area contributed by atoms with E-state index in [2.05, 4.69) is 0 Å². The lowest BCUT2D eigenvalue weighted by molar-refractivity contribution is -0.161. The standard InChI is InChI=1S/C18H22O5/c1-3-22-17(20)15(18(21)23-4-2)11-12-7-5-9-14-13(12)8-6-10-16(14)19/h6-8,10,15,19H,3-5,9,11H2,1-2H3. The van der Waals surface area contributed by atoms with Crippen LogP contribution in [0.4, 0.5) is 0 Å². The van der Waals surface area contributed by atoms with Crippen molar-refractivity contribution < 1.29 is 24.2 Å². The molecule has 1 aliphatic rings. The van der Waals surface area contributed by atoms with Gasteiger partial charge < -0.3 is 14.6 Å². The number of phenolic OH excluding ortho intramolecular Hbond substituents is 1. The van der Waals surface area contributed by atoms with Crippen LogP contribution in [0.5, 0.6) is 5.75 Å². The summed E-state index contributed by atoms with van der Waals surface area (Å²) in [6.45, 7) is 3.83.